The second kappa shape index (κ2) is 8.00. The fourth-order valence-corrected chi connectivity index (χ4v) is 4.86. The molecule has 0 unspecified atom stereocenters. The predicted molar refractivity (Wildman–Crippen MR) is 119 cm³/mol. The van der Waals surface area contributed by atoms with E-state index in [9.17, 15) is 4.79 Å². The van der Waals surface area contributed by atoms with E-state index in [-0.39, 0.29) is 11.6 Å². The van der Waals surface area contributed by atoms with Gasteiger partial charge in [-0.2, -0.15) is 0 Å². The molecule has 0 atom stereocenters. The van der Waals surface area contributed by atoms with E-state index in [0.29, 0.717) is 5.75 Å². The minimum atomic E-state index is -0.195. The third-order valence-corrected chi connectivity index (χ3v) is 6.64. The first-order valence-electron chi connectivity index (χ1n) is 10.0. The lowest BCUT2D eigenvalue weighted by molar-refractivity contribution is -0.113. The fourth-order valence-electron chi connectivity index (χ4n) is 3.95. The number of anilines is 2. The Kier molecular flexibility index (Phi) is 5.44. The van der Waals surface area contributed by atoms with Gasteiger partial charge in [-0.1, -0.05) is 42.4 Å². The Hall–Kier alpha value is -2.27. The van der Waals surface area contributed by atoms with Gasteiger partial charge in [-0.05, 0) is 68.9 Å². The number of aliphatic imine (C=N–C) groups is 1. The van der Waals surface area contributed by atoms with Gasteiger partial charge < -0.3 is 10.6 Å². The summed E-state index contributed by atoms with van der Waals surface area (Å²) in [6.45, 7) is 4.13. The topological polar surface area (TPSA) is 53.5 Å². The molecule has 28 heavy (non-hydrogen) atoms. The molecule has 146 valence electrons. The summed E-state index contributed by atoms with van der Waals surface area (Å²) >= 11 is 1.54. The third-order valence-electron chi connectivity index (χ3n) is 5.65. The minimum absolute atomic E-state index is 0.00432. The van der Waals surface area contributed by atoms with Gasteiger partial charge >= 0.3 is 0 Å². The predicted octanol–water partition coefficient (Wildman–Crippen LogP) is 5.51. The maximum atomic E-state index is 12.5. The molecule has 0 aromatic heterocycles. The molecule has 1 amide bonds. The van der Waals surface area contributed by atoms with Gasteiger partial charge in [-0.3, -0.25) is 4.79 Å². The third kappa shape index (κ3) is 4.09. The number of benzene rings is 2. The first-order valence-corrected chi connectivity index (χ1v) is 11.0. The summed E-state index contributed by atoms with van der Waals surface area (Å²) in [7, 11) is 0. The molecule has 1 spiro atoms. The lowest BCUT2D eigenvalue weighted by Gasteiger charge is -2.39. The summed E-state index contributed by atoms with van der Waals surface area (Å²) in [5.74, 6) is 0.362. The van der Waals surface area contributed by atoms with Gasteiger partial charge in [0.1, 0.15) is 10.7 Å². The van der Waals surface area contributed by atoms with Crippen molar-refractivity contribution in [1.82, 2.24) is 0 Å². The van der Waals surface area contributed by atoms with Crippen molar-refractivity contribution in [3.05, 3.63) is 59.2 Å². The highest BCUT2D eigenvalue weighted by atomic mass is 32.2. The van der Waals surface area contributed by atoms with E-state index in [4.69, 9.17) is 4.99 Å². The molecule has 4 nitrogen and oxygen atoms in total. The van der Waals surface area contributed by atoms with E-state index in [2.05, 4.69) is 42.7 Å². The normalized spacial score (nSPS) is 17.4. The SMILES string of the molecule is Cc1ccc(NC(=O)CSC2=NC3(CCCCC3)Nc3ccccc32)cc1C. The number of para-hydroxylation sites is 1. The lowest BCUT2D eigenvalue weighted by atomic mass is 9.88. The Morgan fingerprint density at radius 2 is 1.89 bits per heavy atom. The van der Waals surface area contributed by atoms with Crippen LogP contribution in [0.15, 0.2) is 47.5 Å². The summed E-state index contributed by atoms with van der Waals surface area (Å²) in [6.07, 6.45) is 5.79. The molecule has 0 saturated heterocycles. The van der Waals surface area contributed by atoms with Gasteiger partial charge in [-0.25, -0.2) is 4.99 Å². The van der Waals surface area contributed by atoms with Crippen LogP contribution in [0.1, 0.15) is 48.8 Å². The van der Waals surface area contributed by atoms with Crippen molar-refractivity contribution in [1.29, 1.82) is 0 Å². The van der Waals surface area contributed by atoms with Crippen molar-refractivity contribution in [2.75, 3.05) is 16.4 Å². The van der Waals surface area contributed by atoms with Crippen molar-refractivity contribution in [3.63, 3.8) is 0 Å². The monoisotopic (exact) mass is 393 g/mol. The zero-order chi connectivity index (χ0) is 19.6. The molecule has 1 saturated carbocycles. The number of thioether (sulfide) groups is 1. The van der Waals surface area contributed by atoms with Gasteiger partial charge in [0.15, 0.2) is 0 Å². The number of amides is 1. The van der Waals surface area contributed by atoms with Crippen molar-refractivity contribution in [3.8, 4) is 0 Å². The molecule has 2 N–H and O–H groups in total. The molecule has 5 heteroatoms. The second-order valence-corrected chi connectivity index (χ2v) is 8.78. The molecular weight excluding hydrogens is 366 g/mol. The molecule has 0 radical (unpaired) electrons. The van der Waals surface area contributed by atoms with E-state index >= 15 is 0 Å². The van der Waals surface area contributed by atoms with Crippen LogP contribution in [0.2, 0.25) is 0 Å². The Balaban J connectivity index is 1.48. The number of rotatable bonds is 3. The first kappa shape index (κ1) is 19.1. The Morgan fingerprint density at radius 3 is 2.68 bits per heavy atom. The molecule has 0 bridgehead atoms. The van der Waals surface area contributed by atoms with E-state index in [1.807, 2.05) is 24.3 Å². The van der Waals surface area contributed by atoms with Crippen molar-refractivity contribution in [2.24, 2.45) is 4.99 Å². The number of nitrogens with one attached hydrogen (secondary N) is 2. The molecule has 2 aromatic rings. The second-order valence-electron chi connectivity index (χ2n) is 7.82. The zero-order valence-electron chi connectivity index (χ0n) is 16.5. The van der Waals surface area contributed by atoms with Gasteiger partial charge in [0, 0.05) is 16.9 Å². The van der Waals surface area contributed by atoms with Crippen LogP contribution in [-0.4, -0.2) is 22.4 Å². The van der Waals surface area contributed by atoms with Crippen LogP contribution < -0.4 is 10.6 Å². The van der Waals surface area contributed by atoms with Gasteiger partial charge in [0.25, 0.3) is 0 Å². The summed E-state index contributed by atoms with van der Waals surface area (Å²) in [5, 5.41) is 7.67. The standard InChI is InChI=1S/C23H27N3OS/c1-16-10-11-18(14-17(16)2)24-21(27)15-28-22-19-8-4-5-9-20(19)25-23(26-22)12-6-3-7-13-23/h4-5,8-11,14,25H,3,6-7,12-13,15H2,1-2H3,(H,24,27). The molecule has 1 heterocycles. The van der Waals surface area contributed by atoms with Crippen LogP contribution in [0.5, 0.6) is 0 Å². The highest BCUT2D eigenvalue weighted by molar-refractivity contribution is 8.15. The number of aryl methyl sites for hydroxylation is 2. The van der Waals surface area contributed by atoms with Crippen LogP contribution in [0, 0.1) is 13.8 Å². The number of hydrogen-bond acceptors (Lipinski definition) is 4. The number of carbonyl (C=O) groups excluding carboxylic acids is 1. The maximum Gasteiger partial charge on any atom is 0.234 e. The smallest absolute Gasteiger partial charge is 0.234 e. The van der Waals surface area contributed by atoms with E-state index < -0.39 is 0 Å². The Bertz CT molecular complexity index is 916. The summed E-state index contributed by atoms with van der Waals surface area (Å²) in [4.78, 5) is 17.6. The quantitative estimate of drug-likeness (QED) is 0.723. The number of nitrogens with zero attached hydrogens (tertiary/aromatic N) is 1. The minimum Gasteiger partial charge on any atom is -0.361 e. The molecule has 1 aliphatic carbocycles. The maximum absolute atomic E-state index is 12.5. The van der Waals surface area contributed by atoms with Gasteiger partial charge in [-0.15, -0.1) is 0 Å². The molecule has 1 fully saturated rings. The highest BCUT2D eigenvalue weighted by Crippen LogP contribution is 2.39. The molecule has 2 aliphatic rings. The molecule has 1 aliphatic heterocycles. The molecular formula is C23H27N3OS. The van der Waals surface area contributed by atoms with Crippen LogP contribution in [0.4, 0.5) is 11.4 Å². The van der Waals surface area contributed by atoms with Crippen LogP contribution in [0.3, 0.4) is 0 Å². The van der Waals surface area contributed by atoms with Gasteiger partial charge in [0.2, 0.25) is 5.91 Å². The average Bonchev–Trinajstić information content (AvgIpc) is 2.69. The Labute approximate surface area is 171 Å². The van der Waals surface area contributed by atoms with E-state index in [0.717, 1.165) is 34.8 Å². The fraction of sp³-hybridized carbons (Fsp3) is 0.391. The van der Waals surface area contributed by atoms with E-state index in [1.165, 1.54) is 30.4 Å². The number of fused-ring (bicyclic) bond motifs is 1. The average molecular weight is 394 g/mol. The summed E-state index contributed by atoms with van der Waals surface area (Å²) < 4.78 is 0. The van der Waals surface area contributed by atoms with Crippen LogP contribution >= 0.6 is 11.8 Å². The highest BCUT2D eigenvalue weighted by Gasteiger charge is 2.36. The number of carbonyl (C=O) groups is 1. The molecule has 4 rings (SSSR count). The Morgan fingerprint density at radius 1 is 1.11 bits per heavy atom. The van der Waals surface area contributed by atoms with Gasteiger partial charge in [0.05, 0.1) is 5.75 Å². The van der Waals surface area contributed by atoms with E-state index in [1.54, 1.807) is 11.8 Å². The number of hydrogen-bond donors (Lipinski definition) is 2. The van der Waals surface area contributed by atoms with Crippen LogP contribution in [0.25, 0.3) is 0 Å². The molecule has 2 aromatic carbocycles. The zero-order valence-corrected chi connectivity index (χ0v) is 17.4. The summed E-state index contributed by atoms with van der Waals surface area (Å²) in [6, 6.07) is 14.3. The summed E-state index contributed by atoms with van der Waals surface area (Å²) in [5.41, 5.74) is 5.30. The first-order chi connectivity index (χ1) is 13.5. The van der Waals surface area contributed by atoms with Crippen molar-refractivity contribution in [2.45, 2.75) is 51.6 Å². The van der Waals surface area contributed by atoms with Crippen molar-refractivity contribution >= 4 is 34.1 Å². The lowest BCUT2D eigenvalue weighted by Crippen LogP contribution is -2.42. The largest absolute Gasteiger partial charge is 0.361 e. The van der Waals surface area contributed by atoms with Crippen LogP contribution in [-0.2, 0) is 4.79 Å². The van der Waals surface area contributed by atoms with Crippen molar-refractivity contribution < 1.29 is 4.79 Å².